The molecule has 3 nitrogen and oxygen atoms in total. The molecule has 0 amide bonds. The number of ether oxygens (including phenoxy) is 2. The average molecular weight is 172 g/mol. The SMILES string of the molecule is C=C[C@@H](O)[C@@H]1CCC[C@H](OC)O1. The van der Waals surface area contributed by atoms with Crippen molar-refractivity contribution in [2.45, 2.75) is 37.8 Å². The van der Waals surface area contributed by atoms with E-state index in [1.54, 1.807) is 7.11 Å². The maximum atomic E-state index is 9.40. The number of rotatable bonds is 3. The molecule has 0 unspecified atom stereocenters. The molecule has 70 valence electrons. The molecule has 1 aliphatic rings. The van der Waals surface area contributed by atoms with Crippen molar-refractivity contribution >= 4 is 0 Å². The molecule has 0 bridgehead atoms. The maximum absolute atomic E-state index is 9.40. The predicted molar refractivity (Wildman–Crippen MR) is 45.7 cm³/mol. The van der Waals surface area contributed by atoms with Gasteiger partial charge in [-0.25, -0.2) is 0 Å². The molecule has 0 aromatic carbocycles. The van der Waals surface area contributed by atoms with Gasteiger partial charge in [0.25, 0.3) is 0 Å². The third-order valence-corrected chi connectivity index (χ3v) is 2.14. The lowest BCUT2D eigenvalue weighted by molar-refractivity contribution is -0.197. The standard InChI is InChI=1S/C9H16O3/c1-3-7(10)8-5-4-6-9(11-2)12-8/h3,7-10H,1,4-6H2,2H3/t7-,8+,9-/m1/s1. The van der Waals surface area contributed by atoms with Crippen molar-refractivity contribution in [3.63, 3.8) is 0 Å². The molecule has 0 spiro atoms. The molecule has 3 atom stereocenters. The summed E-state index contributed by atoms with van der Waals surface area (Å²) in [4.78, 5) is 0. The lowest BCUT2D eigenvalue weighted by Crippen LogP contribution is -2.36. The summed E-state index contributed by atoms with van der Waals surface area (Å²) < 4.78 is 10.5. The highest BCUT2D eigenvalue weighted by molar-refractivity contribution is 4.86. The van der Waals surface area contributed by atoms with Gasteiger partial charge in [-0.3, -0.25) is 0 Å². The van der Waals surface area contributed by atoms with Gasteiger partial charge < -0.3 is 14.6 Å². The summed E-state index contributed by atoms with van der Waals surface area (Å²) in [7, 11) is 1.62. The second-order valence-corrected chi connectivity index (χ2v) is 3.00. The van der Waals surface area contributed by atoms with Gasteiger partial charge in [0.15, 0.2) is 6.29 Å². The highest BCUT2D eigenvalue weighted by Crippen LogP contribution is 2.21. The number of aliphatic hydroxyl groups excluding tert-OH is 1. The zero-order chi connectivity index (χ0) is 8.97. The van der Waals surface area contributed by atoms with E-state index in [4.69, 9.17) is 9.47 Å². The predicted octanol–water partition coefficient (Wildman–Crippen LogP) is 1.07. The third-order valence-electron chi connectivity index (χ3n) is 2.14. The first-order valence-electron chi connectivity index (χ1n) is 4.26. The van der Waals surface area contributed by atoms with E-state index < -0.39 is 6.10 Å². The smallest absolute Gasteiger partial charge is 0.157 e. The van der Waals surface area contributed by atoms with E-state index in [9.17, 15) is 5.11 Å². The quantitative estimate of drug-likeness (QED) is 0.647. The Morgan fingerprint density at radius 2 is 2.42 bits per heavy atom. The minimum absolute atomic E-state index is 0.138. The van der Waals surface area contributed by atoms with Gasteiger partial charge in [0.05, 0.1) is 12.2 Å². The first-order valence-corrected chi connectivity index (χ1v) is 4.26. The first-order chi connectivity index (χ1) is 5.77. The molecule has 1 aliphatic heterocycles. The minimum Gasteiger partial charge on any atom is -0.386 e. The van der Waals surface area contributed by atoms with Crippen molar-refractivity contribution in [1.29, 1.82) is 0 Å². The lowest BCUT2D eigenvalue weighted by Gasteiger charge is -2.30. The maximum Gasteiger partial charge on any atom is 0.157 e. The molecular weight excluding hydrogens is 156 g/mol. The van der Waals surface area contributed by atoms with E-state index >= 15 is 0 Å². The number of hydrogen-bond acceptors (Lipinski definition) is 3. The summed E-state index contributed by atoms with van der Waals surface area (Å²) in [6, 6.07) is 0. The molecular formula is C9H16O3. The highest BCUT2D eigenvalue weighted by Gasteiger charge is 2.25. The van der Waals surface area contributed by atoms with Gasteiger partial charge in [0.2, 0.25) is 0 Å². The summed E-state index contributed by atoms with van der Waals surface area (Å²) in [5.74, 6) is 0. The Balaban J connectivity index is 2.39. The molecule has 0 aliphatic carbocycles. The van der Waals surface area contributed by atoms with Gasteiger partial charge >= 0.3 is 0 Å². The number of hydrogen-bond donors (Lipinski definition) is 1. The Hall–Kier alpha value is -0.380. The molecule has 12 heavy (non-hydrogen) atoms. The second-order valence-electron chi connectivity index (χ2n) is 3.00. The van der Waals surface area contributed by atoms with Crippen LogP contribution in [0.25, 0.3) is 0 Å². The Morgan fingerprint density at radius 3 is 3.00 bits per heavy atom. The molecule has 0 radical (unpaired) electrons. The van der Waals surface area contributed by atoms with E-state index in [0.29, 0.717) is 0 Å². The molecule has 0 aromatic heterocycles. The first kappa shape index (κ1) is 9.71. The van der Waals surface area contributed by atoms with Crippen LogP contribution in [-0.4, -0.2) is 30.7 Å². The van der Waals surface area contributed by atoms with Crippen molar-refractivity contribution in [1.82, 2.24) is 0 Å². The fraction of sp³-hybridized carbons (Fsp3) is 0.778. The van der Waals surface area contributed by atoms with Crippen LogP contribution in [0.15, 0.2) is 12.7 Å². The lowest BCUT2D eigenvalue weighted by atomic mass is 10.0. The van der Waals surface area contributed by atoms with Crippen LogP contribution in [0.4, 0.5) is 0 Å². The molecule has 1 N–H and O–H groups in total. The van der Waals surface area contributed by atoms with E-state index in [2.05, 4.69) is 6.58 Å². The Kier molecular flexibility index (Phi) is 3.72. The molecule has 3 heteroatoms. The van der Waals surface area contributed by atoms with Gasteiger partial charge in [-0.05, 0) is 19.3 Å². The van der Waals surface area contributed by atoms with Crippen molar-refractivity contribution < 1.29 is 14.6 Å². The topological polar surface area (TPSA) is 38.7 Å². The van der Waals surface area contributed by atoms with Gasteiger partial charge in [-0.2, -0.15) is 0 Å². The Bertz CT molecular complexity index is 147. The fourth-order valence-electron chi connectivity index (χ4n) is 1.39. The van der Waals surface area contributed by atoms with Crippen molar-refractivity contribution in [2.24, 2.45) is 0 Å². The molecule has 1 heterocycles. The largest absolute Gasteiger partial charge is 0.386 e. The van der Waals surface area contributed by atoms with E-state index in [1.165, 1.54) is 6.08 Å². The molecule has 1 fully saturated rings. The average Bonchev–Trinajstić information content (AvgIpc) is 2.17. The van der Waals surface area contributed by atoms with E-state index in [1.807, 2.05) is 0 Å². The van der Waals surface area contributed by atoms with Crippen LogP contribution in [0.1, 0.15) is 19.3 Å². The summed E-state index contributed by atoms with van der Waals surface area (Å²) >= 11 is 0. The fourth-order valence-corrected chi connectivity index (χ4v) is 1.39. The normalized spacial score (nSPS) is 32.8. The van der Waals surface area contributed by atoms with Crippen LogP contribution in [0.3, 0.4) is 0 Å². The Morgan fingerprint density at radius 1 is 1.67 bits per heavy atom. The highest BCUT2D eigenvalue weighted by atomic mass is 16.7. The zero-order valence-electron chi connectivity index (χ0n) is 7.40. The van der Waals surface area contributed by atoms with Crippen LogP contribution in [-0.2, 0) is 9.47 Å². The van der Waals surface area contributed by atoms with Gasteiger partial charge in [0.1, 0.15) is 0 Å². The Labute approximate surface area is 73.0 Å². The van der Waals surface area contributed by atoms with Gasteiger partial charge in [-0.15, -0.1) is 6.58 Å². The molecule has 0 saturated carbocycles. The van der Waals surface area contributed by atoms with E-state index in [-0.39, 0.29) is 12.4 Å². The monoisotopic (exact) mass is 172 g/mol. The summed E-state index contributed by atoms with van der Waals surface area (Å²) in [6.07, 6.45) is 3.48. The van der Waals surface area contributed by atoms with Crippen molar-refractivity contribution in [3.05, 3.63) is 12.7 Å². The molecule has 1 saturated heterocycles. The third kappa shape index (κ3) is 2.30. The minimum atomic E-state index is -0.567. The zero-order valence-corrected chi connectivity index (χ0v) is 7.40. The second kappa shape index (κ2) is 4.60. The van der Waals surface area contributed by atoms with Crippen molar-refractivity contribution in [3.8, 4) is 0 Å². The van der Waals surface area contributed by atoms with Crippen LogP contribution in [0, 0.1) is 0 Å². The number of methoxy groups -OCH3 is 1. The van der Waals surface area contributed by atoms with Crippen LogP contribution >= 0.6 is 0 Å². The summed E-state index contributed by atoms with van der Waals surface area (Å²) in [5.41, 5.74) is 0. The van der Waals surface area contributed by atoms with Crippen LogP contribution in [0.5, 0.6) is 0 Å². The summed E-state index contributed by atoms with van der Waals surface area (Å²) in [6.45, 7) is 3.52. The van der Waals surface area contributed by atoms with Crippen LogP contribution in [0.2, 0.25) is 0 Å². The molecule has 1 rings (SSSR count). The van der Waals surface area contributed by atoms with Crippen LogP contribution < -0.4 is 0 Å². The van der Waals surface area contributed by atoms with Gasteiger partial charge in [0, 0.05) is 7.11 Å². The number of aliphatic hydroxyl groups is 1. The van der Waals surface area contributed by atoms with Gasteiger partial charge in [-0.1, -0.05) is 6.08 Å². The summed E-state index contributed by atoms with van der Waals surface area (Å²) in [5, 5.41) is 9.40. The van der Waals surface area contributed by atoms with Crippen molar-refractivity contribution in [2.75, 3.05) is 7.11 Å². The van der Waals surface area contributed by atoms with E-state index in [0.717, 1.165) is 19.3 Å². The molecule has 0 aromatic rings.